The highest BCUT2D eigenvalue weighted by Crippen LogP contribution is 2.65. The van der Waals surface area contributed by atoms with E-state index in [0.29, 0.717) is 12.8 Å². The van der Waals surface area contributed by atoms with Gasteiger partial charge in [0.1, 0.15) is 0 Å². The molecule has 0 radical (unpaired) electrons. The zero-order chi connectivity index (χ0) is 13.1. The van der Waals surface area contributed by atoms with Crippen LogP contribution in [0.2, 0.25) is 0 Å². The molecule has 0 aliphatic heterocycles. The molecule has 0 spiro atoms. The average Bonchev–Trinajstić information content (AvgIpc) is 2.76. The van der Waals surface area contributed by atoms with E-state index in [1.54, 1.807) is 0 Å². The minimum absolute atomic E-state index is 0.0500. The predicted octanol–water partition coefficient (Wildman–Crippen LogP) is 2.34. The van der Waals surface area contributed by atoms with Gasteiger partial charge in [-0.25, -0.2) is 8.42 Å². The Morgan fingerprint density at radius 1 is 1.12 bits per heavy atom. The zero-order valence-corrected chi connectivity index (χ0v) is 9.57. The quantitative estimate of drug-likeness (QED) is 0.586. The van der Waals surface area contributed by atoms with Crippen LogP contribution in [0.3, 0.4) is 0 Å². The first-order valence-electron chi connectivity index (χ1n) is 5.25. The van der Waals surface area contributed by atoms with Gasteiger partial charge in [0, 0.05) is 5.41 Å². The molecular formula is C9H11F4O3S-. The van der Waals surface area contributed by atoms with Gasteiger partial charge in [0.2, 0.25) is 0 Å². The van der Waals surface area contributed by atoms with Gasteiger partial charge in [0.15, 0.2) is 10.1 Å². The van der Waals surface area contributed by atoms with Crippen LogP contribution in [0.4, 0.5) is 17.6 Å². The van der Waals surface area contributed by atoms with Crippen molar-refractivity contribution in [3.63, 3.8) is 0 Å². The minimum Gasteiger partial charge on any atom is -0.743 e. The Labute approximate surface area is 95.9 Å². The molecule has 8 heteroatoms. The van der Waals surface area contributed by atoms with E-state index < -0.39 is 26.7 Å². The SMILES string of the molecule is O=S(=O)([O-])C(F)(F)C(F)(F)C12CCC(CC1)C2. The number of alkyl halides is 4. The van der Waals surface area contributed by atoms with Crippen molar-refractivity contribution >= 4 is 10.1 Å². The third kappa shape index (κ3) is 1.53. The molecule has 0 N–H and O–H groups in total. The second-order valence-electron chi connectivity index (χ2n) is 4.97. The maximum atomic E-state index is 13.8. The van der Waals surface area contributed by atoms with Crippen LogP contribution in [0.1, 0.15) is 32.1 Å². The molecule has 2 saturated carbocycles. The molecule has 2 aliphatic rings. The Bertz CT molecular complexity index is 424. The maximum Gasteiger partial charge on any atom is 0.396 e. The van der Waals surface area contributed by atoms with Gasteiger partial charge in [-0.3, -0.25) is 0 Å². The lowest BCUT2D eigenvalue weighted by atomic mass is 9.78. The van der Waals surface area contributed by atoms with E-state index >= 15 is 0 Å². The van der Waals surface area contributed by atoms with E-state index in [0.717, 1.165) is 0 Å². The van der Waals surface area contributed by atoms with Gasteiger partial charge in [0.25, 0.3) is 0 Å². The largest absolute Gasteiger partial charge is 0.743 e. The van der Waals surface area contributed by atoms with Crippen molar-refractivity contribution in [3.8, 4) is 0 Å². The lowest BCUT2D eigenvalue weighted by molar-refractivity contribution is -0.229. The topological polar surface area (TPSA) is 57.2 Å². The summed E-state index contributed by atoms with van der Waals surface area (Å²) in [7, 11) is -6.36. The highest BCUT2D eigenvalue weighted by molar-refractivity contribution is 7.86. The molecule has 3 nitrogen and oxygen atoms in total. The van der Waals surface area contributed by atoms with Crippen molar-refractivity contribution < 1.29 is 30.5 Å². The van der Waals surface area contributed by atoms with E-state index in [4.69, 9.17) is 0 Å². The number of rotatable bonds is 3. The lowest BCUT2D eigenvalue weighted by Crippen LogP contribution is -2.56. The second-order valence-corrected chi connectivity index (χ2v) is 6.39. The molecule has 2 fully saturated rings. The van der Waals surface area contributed by atoms with Crippen molar-refractivity contribution in [3.05, 3.63) is 0 Å². The van der Waals surface area contributed by atoms with Crippen LogP contribution in [-0.2, 0) is 10.1 Å². The van der Waals surface area contributed by atoms with E-state index in [1.165, 1.54) is 0 Å². The Hall–Kier alpha value is -0.370. The van der Waals surface area contributed by atoms with Crippen LogP contribution in [0.5, 0.6) is 0 Å². The Balaban J connectivity index is 2.43. The number of hydrogen-bond donors (Lipinski definition) is 0. The van der Waals surface area contributed by atoms with Crippen LogP contribution < -0.4 is 0 Å². The summed E-state index contributed by atoms with van der Waals surface area (Å²) >= 11 is 0. The van der Waals surface area contributed by atoms with Crippen LogP contribution in [0, 0.1) is 11.3 Å². The van der Waals surface area contributed by atoms with E-state index in [-0.39, 0.29) is 25.2 Å². The summed E-state index contributed by atoms with van der Waals surface area (Å²) in [6, 6.07) is 0. The molecule has 0 heterocycles. The highest BCUT2D eigenvalue weighted by atomic mass is 32.2. The van der Waals surface area contributed by atoms with Crippen LogP contribution in [-0.4, -0.2) is 24.1 Å². The smallest absolute Gasteiger partial charge is 0.396 e. The standard InChI is InChI=1S/C9H12F4O3S/c10-8(11,9(12,13)17(14,15)16)7-3-1-6(5-7)2-4-7/h6H,1-5H2,(H,14,15,16)/p-1. The summed E-state index contributed by atoms with van der Waals surface area (Å²) in [5, 5.41) is -5.53. The summed E-state index contributed by atoms with van der Waals surface area (Å²) < 4.78 is 84.9. The Kier molecular flexibility index (Phi) is 2.57. The predicted molar refractivity (Wildman–Crippen MR) is 48.6 cm³/mol. The highest BCUT2D eigenvalue weighted by Gasteiger charge is 2.73. The van der Waals surface area contributed by atoms with Crippen LogP contribution in [0.15, 0.2) is 0 Å². The third-order valence-electron chi connectivity index (χ3n) is 4.09. The van der Waals surface area contributed by atoms with Crippen molar-refractivity contribution in [2.45, 2.75) is 43.3 Å². The minimum atomic E-state index is -6.36. The van der Waals surface area contributed by atoms with Gasteiger partial charge in [-0.2, -0.15) is 17.6 Å². The van der Waals surface area contributed by atoms with Gasteiger partial charge in [0.05, 0.1) is 0 Å². The van der Waals surface area contributed by atoms with Gasteiger partial charge in [-0.05, 0) is 38.0 Å². The number of fused-ring (bicyclic) bond motifs is 2. The fourth-order valence-corrected chi connectivity index (χ4v) is 3.63. The molecule has 0 aromatic carbocycles. The second kappa shape index (κ2) is 3.34. The molecule has 2 aliphatic carbocycles. The first-order chi connectivity index (χ1) is 7.54. The Morgan fingerprint density at radius 3 is 1.88 bits per heavy atom. The third-order valence-corrected chi connectivity index (χ3v) is 4.97. The van der Waals surface area contributed by atoms with Gasteiger partial charge < -0.3 is 4.55 Å². The molecule has 0 unspecified atom stereocenters. The summed E-state index contributed by atoms with van der Waals surface area (Å²) in [6.45, 7) is 0. The normalized spacial score (nSPS) is 34.3. The fourth-order valence-electron chi connectivity index (χ4n) is 3.10. The van der Waals surface area contributed by atoms with E-state index in [1.807, 2.05) is 0 Å². The van der Waals surface area contributed by atoms with Gasteiger partial charge in [-0.1, -0.05) is 0 Å². The van der Waals surface area contributed by atoms with Gasteiger partial charge >= 0.3 is 11.2 Å². The summed E-state index contributed by atoms with van der Waals surface area (Å²) in [6.07, 6.45) is 0.381. The van der Waals surface area contributed by atoms with Crippen molar-refractivity contribution in [2.75, 3.05) is 0 Å². The van der Waals surface area contributed by atoms with Gasteiger partial charge in [-0.15, -0.1) is 0 Å². The molecular weight excluding hydrogens is 264 g/mol. The lowest BCUT2D eigenvalue weighted by Gasteiger charge is -2.40. The molecule has 2 rings (SSSR count). The first kappa shape index (κ1) is 13.1. The summed E-state index contributed by atoms with van der Waals surface area (Å²) in [4.78, 5) is 0. The van der Waals surface area contributed by atoms with E-state index in [2.05, 4.69) is 0 Å². The molecule has 0 aromatic rings. The van der Waals surface area contributed by atoms with Crippen molar-refractivity contribution in [1.29, 1.82) is 0 Å². The first-order valence-corrected chi connectivity index (χ1v) is 6.65. The van der Waals surface area contributed by atoms with Crippen LogP contribution >= 0.6 is 0 Å². The monoisotopic (exact) mass is 275 g/mol. The molecule has 17 heavy (non-hydrogen) atoms. The van der Waals surface area contributed by atoms with Crippen molar-refractivity contribution in [2.24, 2.45) is 11.3 Å². The Morgan fingerprint density at radius 2 is 1.59 bits per heavy atom. The molecule has 0 atom stereocenters. The molecule has 100 valence electrons. The summed E-state index contributed by atoms with van der Waals surface area (Å²) in [5.74, 6) is -4.84. The average molecular weight is 275 g/mol. The molecule has 2 bridgehead atoms. The fraction of sp³-hybridized carbons (Fsp3) is 1.00. The van der Waals surface area contributed by atoms with Crippen LogP contribution in [0.25, 0.3) is 0 Å². The summed E-state index contributed by atoms with van der Waals surface area (Å²) in [5.41, 5.74) is -2.02. The molecule has 0 amide bonds. The number of hydrogen-bond acceptors (Lipinski definition) is 3. The molecule has 0 aromatic heterocycles. The maximum absolute atomic E-state index is 13.8. The van der Waals surface area contributed by atoms with E-state index in [9.17, 15) is 30.5 Å². The zero-order valence-electron chi connectivity index (χ0n) is 8.76. The number of halogens is 4. The molecule has 0 saturated heterocycles. The van der Waals surface area contributed by atoms with Crippen molar-refractivity contribution in [1.82, 2.24) is 0 Å².